The van der Waals surface area contributed by atoms with Crippen molar-refractivity contribution < 1.29 is 4.79 Å². The highest BCUT2D eigenvalue weighted by Gasteiger charge is 2.07. The number of aryl methyl sites for hydroxylation is 1. The topological polar surface area (TPSA) is 17.1 Å². The monoisotopic (exact) mass is 240 g/mol. The molecule has 0 aliphatic heterocycles. The SMILES string of the molecule is CC(=O)c1ccc2sc3ccc(C)cc3c2c1. The molecule has 1 nitrogen and oxygen atoms in total. The molecule has 0 N–H and O–H groups in total. The average molecular weight is 240 g/mol. The van der Waals surface area contributed by atoms with Crippen LogP contribution >= 0.6 is 11.3 Å². The van der Waals surface area contributed by atoms with Crippen LogP contribution in [0.4, 0.5) is 0 Å². The van der Waals surface area contributed by atoms with E-state index in [-0.39, 0.29) is 5.78 Å². The van der Waals surface area contributed by atoms with Crippen LogP contribution < -0.4 is 0 Å². The van der Waals surface area contributed by atoms with E-state index >= 15 is 0 Å². The summed E-state index contributed by atoms with van der Waals surface area (Å²) in [4.78, 5) is 11.4. The molecule has 3 rings (SSSR count). The van der Waals surface area contributed by atoms with E-state index < -0.39 is 0 Å². The van der Waals surface area contributed by atoms with Crippen LogP contribution in [-0.2, 0) is 0 Å². The molecule has 0 atom stereocenters. The van der Waals surface area contributed by atoms with Crippen LogP contribution in [0.3, 0.4) is 0 Å². The van der Waals surface area contributed by atoms with Gasteiger partial charge in [0.1, 0.15) is 0 Å². The maximum Gasteiger partial charge on any atom is 0.159 e. The number of carbonyl (C=O) groups excluding carboxylic acids is 1. The zero-order chi connectivity index (χ0) is 12.0. The lowest BCUT2D eigenvalue weighted by Gasteiger charge is -1.97. The Morgan fingerprint density at radius 2 is 1.65 bits per heavy atom. The molecular formula is C15H12OS. The third-order valence-electron chi connectivity index (χ3n) is 3.03. The van der Waals surface area contributed by atoms with E-state index in [1.54, 1.807) is 18.3 Å². The lowest BCUT2D eigenvalue weighted by atomic mass is 10.1. The van der Waals surface area contributed by atoms with Crippen molar-refractivity contribution in [3.63, 3.8) is 0 Å². The summed E-state index contributed by atoms with van der Waals surface area (Å²) in [5.41, 5.74) is 2.05. The van der Waals surface area contributed by atoms with Gasteiger partial charge >= 0.3 is 0 Å². The number of Topliss-reactive ketones (excluding diaryl/α,β-unsaturated/α-hetero) is 1. The van der Waals surface area contributed by atoms with Crippen molar-refractivity contribution >= 4 is 37.3 Å². The zero-order valence-corrected chi connectivity index (χ0v) is 10.6. The first-order valence-electron chi connectivity index (χ1n) is 5.59. The maximum absolute atomic E-state index is 11.4. The van der Waals surface area contributed by atoms with Crippen LogP contribution in [0.1, 0.15) is 22.8 Å². The minimum absolute atomic E-state index is 0.124. The molecule has 3 aromatic rings. The second-order valence-corrected chi connectivity index (χ2v) is 5.45. The summed E-state index contributed by atoms with van der Waals surface area (Å²) in [6.45, 7) is 3.71. The highest BCUT2D eigenvalue weighted by Crippen LogP contribution is 2.34. The minimum atomic E-state index is 0.124. The molecular weight excluding hydrogens is 228 g/mol. The van der Waals surface area contributed by atoms with E-state index in [1.165, 1.54) is 25.7 Å². The van der Waals surface area contributed by atoms with Gasteiger partial charge in [0, 0.05) is 25.7 Å². The summed E-state index contributed by atoms with van der Waals surface area (Å²) >= 11 is 1.78. The molecule has 2 heteroatoms. The van der Waals surface area contributed by atoms with E-state index in [0.29, 0.717) is 0 Å². The summed E-state index contributed by atoms with van der Waals surface area (Å²) in [7, 11) is 0. The van der Waals surface area contributed by atoms with Gasteiger partial charge in [-0.15, -0.1) is 11.3 Å². The molecule has 0 amide bonds. The average Bonchev–Trinajstić information content (AvgIpc) is 2.66. The molecule has 1 heterocycles. The quantitative estimate of drug-likeness (QED) is 0.570. The number of hydrogen-bond acceptors (Lipinski definition) is 2. The fraction of sp³-hybridized carbons (Fsp3) is 0.133. The predicted octanol–water partition coefficient (Wildman–Crippen LogP) is 4.57. The van der Waals surface area contributed by atoms with Gasteiger partial charge in [0.2, 0.25) is 0 Å². The van der Waals surface area contributed by atoms with Gasteiger partial charge in [0.05, 0.1) is 0 Å². The number of ketones is 1. The van der Waals surface area contributed by atoms with Crippen molar-refractivity contribution in [3.05, 3.63) is 47.5 Å². The fourth-order valence-corrected chi connectivity index (χ4v) is 3.18. The molecule has 84 valence electrons. The number of thiophene rings is 1. The van der Waals surface area contributed by atoms with Crippen molar-refractivity contribution in [1.29, 1.82) is 0 Å². The molecule has 0 aliphatic rings. The van der Waals surface area contributed by atoms with E-state index in [4.69, 9.17) is 0 Å². The van der Waals surface area contributed by atoms with Crippen molar-refractivity contribution in [2.45, 2.75) is 13.8 Å². The summed E-state index contributed by atoms with van der Waals surface area (Å²) < 4.78 is 2.53. The molecule has 0 saturated heterocycles. The Bertz CT molecular complexity index is 737. The third-order valence-corrected chi connectivity index (χ3v) is 4.18. The van der Waals surface area contributed by atoms with Gasteiger partial charge in [-0.1, -0.05) is 11.6 Å². The van der Waals surface area contributed by atoms with Gasteiger partial charge in [0.25, 0.3) is 0 Å². The van der Waals surface area contributed by atoms with Crippen molar-refractivity contribution in [3.8, 4) is 0 Å². The normalized spacial score (nSPS) is 11.2. The first-order valence-corrected chi connectivity index (χ1v) is 6.40. The van der Waals surface area contributed by atoms with Gasteiger partial charge in [-0.2, -0.15) is 0 Å². The minimum Gasteiger partial charge on any atom is -0.295 e. The van der Waals surface area contributed by atoms with Crippen LogP contribution in [0.25, 0.3) is 20.2 Å². The number of fused-ring (bicyclic) bond motifs is 3. The van der Waals surface area contributed by atoms with Crippen LogP contribution in [0.5, 0.6) is 0 Å². The Labute approximate surface area is 104 Å². The molecule has 0 bridgehead atoms. The van der Waals surface area contributed by atoms with Gasteiger partial charge in [0.15, 0.2) is 5.78 Å². The van der Waals surface area contributed by atoms with E-state index in [0.717, 1.165) is 5.56 Å². The number of carbonyl (C=O) groups is 1. The Hall–Kier alpha value is -1.67. The zero-order valence-electron chi connectivity index (χ0n) is 9.78. The Morgan fingerprint density at radius 3 is 2.35 bits per heavy atom. The standard InChI is InChI=1S/C15H12OS/c1-9-3-5-14-12(7-9)13-8-11(10(2)16)4-6-15(13)17-14/h3-8H,1-2H3. The summed E-state index contributed by atoms with van der Waals surface area (Å²) in [5.74, 6) is 0.124. The third kappa shape index (κ3) is 1.65. The summed E-state index contributed by atoms with van der Waals surface area (Å²) in [5, 5.41) is 2.45. The van der Waals surface area contributed by atoms with E-state index in [9.17, 15) is 4.79 Å². The fourth-order valence-electron chi connectivity index (χ4n) is 2.11. The summed E-state index contributed by atoms with van der Waals surface area (Å²) in [6.07, 6.45) is 0. The van der Waals surface area contributed by atoms with Crippen LogP contribution in [0.2, 0.25) is 0 Å². The Balaban J connectivity index is 2.43. The van der Waals surface area contributed by atoms with Gasteiger partial charge in [-0.25, -0.2) is 0 Å². The first-order chi connectivity index (χ1) is 8.15. The first kappa shape index (κ1) is 10.5. The molecule has 0 saturated carbocycles. The highest BCUT2D eigenvalue weighted by atomic mass is 32.1. The van der Waals surface area contributed by atoms with Gasteiger partial charge in [-0.05, 0) is 44.2 Å². The van der Waals surface area contributed by atoms with Crippen molar-refractivity contribution in [1.82, 2.24) is 0 Å². The predicted molar refractivity (Wildman–Crippen MR) is 74.1 cm³/mol. The highest BCUT2D eigenvalue weighted by molar-refractivity contribution is 7.25. The van der Waals surface area contributed by atoms with E-state index in [2.05, 4.69) is 25.1 Å². The van der Waals surface area contributed by atoms with Gasteiger partial charge < -0.3 is 0 Å². The van der Waals surface area contributed by atoms with Crippen molar-refractivity contribution in [2.75, 3.05) is 0 Å². The lowest BCUT2D eigenvalue weighted by molar-refractivity contribution is 0.101. The molecule has 0 aliphatic carbocycles. The largest absolute Gasteiger partial charge is 0.295 e. The molecule has 17 heavy (non-hydrogen) atoms. The number of benzene rings is 2. The summed E-state index contributed by atoms with van der Waals surface area (Å²) in [6, 6.07) is 12.4. The Kier molecular flexibility index (Phi) is 2.26. The van der Waals surface area contributed by atoms with Crippen molar-refractivity contribution in [2.24, 2.45) is 0 Å². The smallest absolute Gasteiger partial charge is 0.159 e. The van der Waals surface area contributed by atoms with Crippen LogP contribution in [0, 0.1) is 6.92 Å². The second-order valence-electron chi connectivity index (χ2n) is 4.37. The van der Waals surface area contributed by atoms with Crippen LogP contribution in [-0.4, -0.2) is 5.78 Å². The van der Waals surface area contributed by atoms with Gasteiger partial charge in [-0.3, -0.25) is 4.79 Å². The molecule has 0 radical (unpaired) electrons. The lowest BCUT2D eigenvalue weighted by Crippen LogP contribution is -1.89. The second kappa shape index (κ2) is 3.67. The maximum atomic E-state index is 11.4. The molecule has 0 unspecified atom stereocenters. The number of rotatable bonds is 1. The van der Waals surface area contributed by atoms with E-state index in [1.807, 2.05) is 18.2 Å². The molecule has 0 spiro atoms. The molecule has 0 fully saturated rings. The molecule has 1 aromatic heterocycles. The number of hydrogen-bond donors (Lipinski definition) is 0. The Morgan fingerprint density at radius 1 is 1.00 bits per heavy atom. The molecule has 2 aromatic carbocycles. The van der Waals surface area contributed by atoms with Crippen LogP contribution in [0.15, 0.2) is 36.4 Å².